The molecule has 2 radical (unpaired) electrons. The quantitative estimate of drug-likeness (QED) is 0.0730. The molecule has 17 aromatic rings. The van der Waals surface area contributed by atoms with Crippen molar-refractivity contribution in [1.82, 2.24) is 23.2 Å². The van der Waals surface area contributed by atoms with Gasteiger partial charge >= 0.3 is 0 Å². The van der Waals surface area contributed by atoms with Gasteiger partial charge in [-0.3, -0.25) is 9.97 Å². The first kappa shape index (κ1) is 74.9. The van der Waals surface area contributed by atoms with Gasteiger partial charge in [0.05, 0.1) is 58.2 Å². The maximum absolute atomic E-state index is 6.05. The summed E-state index contributed by atoms with van der Waals surface area (Å²) in [5, 5.41) is 11.1. The summed E-state index contributed by atoms with van der Waals surface area (Å²) in [4.78, 5) is 15.4. The molecule has 11 heterocycles. The van der Waals surface area contributed by atoms with Gasteiger partial charge in [-0.15, -0.1) is 59.3 Å². The van der Waals surface area contributed by atoms with Gasteiger partial charge in [0.25, 0.3) is 5.65 Å². The molecule has 11 aromatic carbocycles. The molecular weight excluding hydrogens is 1750 g/mol. The van der Waals surface area contributed by atoms with Gasteiger partial charge < -0.3 is 28.1 Å². The van der Waals surface area contributed by atoms with E-state index in [1.807, 2.05) is 30.5 Å². The summed E-state index contributed by atoms with van der Waals surface area (Å²) in [5.74, 6) is 6.29. The van der Waals surface area contributed by atoms with Crippen LogP contribution in [0.25, 0.3) is 116 Å². The molecule has 5 aliphatic heterocycles. The molecule has 0 saturated carbocycles. The van der Waals surface area contributed by atoms with Gasteiger partial charge in [-0.1, -0.05) is 210 Å². The van der Waals surface area contributed by atoms with Gasteiger partial charge in [0.2, 0.25) is 0 Å². The Morgan fingerprint density at radius 1 is 0.421 bits per heavy atom. The Kier molecular flexibility index (Phi) is 20.6. The Balaban J connectivity index is 0.000000119. The third-order valence-electron chi connectivity index (χ3n) is 25.6. The monoisotopic (exact) mass is 1850 g/mol. The molecule has 0 N–H and O–H groups in total. The topological polar surface area (TPSA) is 67.8 Å². The first-order chi connectivity index (χ1) is 55.1. The second-order valence-corrected chi connectivity index (χ2v) is 33.0. The summed E-state index contributed by atoms with van der Waals surface area (Å²) in [5.41, 5.74) is 25.3. The average Bonchev–Trinajstić information content (AvgIpc) is 1.54. The largest absolute Gasteiger partial charge is 0.493 e. The second kappa shape index (κ2) is 31.4. The number of ether oxygens (including phenoxy) is 2. The standard InChI is InChI=1S/C38H45N4.C34H29N2O.C30H21N2O.2Ir/c1-25(2)27-15-19-39(20-16-27)33-13-8-14-34(40-21-17-28(18-22-40)26(3)4)37(33)35-24-41-23-29-9-7-11-31-30-10-5-6-12-32(30)42(35)38(41)36(29)31;1-22(2)20-23-10-9-15-28(25-18-19-37-32-17-8-6-13-27(25)32)33(23)31-21-35-34-29-14-4-3-11-24(29)26-12-5-7-16-30(26)36(31)34;1-3-12-24(20(9-1)22-17-18-33-29-16-8-6-13-25(22)29)28-19-31-30-26-14-4-2-10-21(26)23-11-5-7-15-27(23)32(28)30;;/h5-14,24-28H,15-23H2,1-4H3;3-13,15-17,21-22,25H,18-20H2,1-2H3;1-13,15-16,19,22H,17-18H2;;/q+1;2*-1;;. The van der Waals surface area contributed by atoms with Crippen molar-refractivity contribution in [1.29, 1.82) is 0 Å². The molecule has 574 valence electrons. The minimum Gasteiger partial charge on any atom is -0.493 e. The molecular formula is C102H95Ir2N8O2-. The van der Waals surface area contributed by atoms with Crippen LogP contribution in [0.5, 0.6) is 11.5 Å². The summed E-state index contributed by atoms with van der Waals surface area (Å²) in [7, 11) is 0. The maximum atomic E-state index is 6.05. The number of fused-ring (bicyclic) bond motifs is 17. The van der Waals surface area contributed by atoms with E-state index in [-0.39, 0.29) is 52.0 Å². The van der Waals surface area contributed by atoms with Crippen LogP contribution in [0, 0.1) is 41.7 Å². The zero-order chi connectivity index (χ0) is 75.2. The van der Waals surface area contributed by atoms with E-state index in [9.17, 15) is 0 Å². The number of para-hydroxylation sites is 5. The zero-order valence-electron chi connectivity index (χ0n) is 65.8. The molecule has 2 saturated heterocycles. The van der Waals surface area contributed by atoms with Gasteiger partial charge in [0.15, 0.2) is 5.69 Å². The Morgan fingerprint density at radius 3 is 1.45 bits per heavy atom. The van der Waals surface area contributed by atoms with Gasteiger partial charge in [-0.05, 0) is 144 Å². The predicted molar refractivity (Wildman–Crippen MR) is 461 cm³/mol. The predicted octanol–water partition coefficient (Wildman–Crippen LogP) is 23.5. The molecule has 0 amide bonds. The number of imidazole rings is 3. The number of hydrogen-bond acceptors (Lipinski definition) is 6. The molecule has 0 spiro atoms. The van der Waals surface area contributed by atoms with Crippen LogP contribution in [0.3, 0.4) is 0 Å². The molecule has 2 unspecified atom stereocenters. The Labute approximate surface area is 695 Å². The summed E-state index contributed by atoms with van der Waals surface area (Å²) in [6.45, 7) is 21.2. The van der Waals surface area contributed by atoms with E-state index < -0.39 is 0 Å². The van der Waals surface area contributed by atoms with Gasteiger partial charge in [-0.25, -0.2) is 4.57 Å². The third kappa shape index (κ3) is 13.0. The van der Waals surface area contributed by atoms with Crippen LogP contribution < -0.4 is 23.8 Å². The Morgan fingerprint density at radius 2 is 0.877 bits per heavy atom. The van der Waals surface area contributed by atoms with Crippen LogP contribution in [-0.4, -0.2) is 62.6 Å². The van der Waals surface area contributed by atoms with E-state index in [0.717, 1.165) is 139 Å². The smallest absolute Gasteiger partial charge is 0.295 e. The van der Waals surface area contributed by atoms with Gasteiger partial charge in [0.1, 0.15) is 29.8 Å². The van der Waals surface area contributed by atoms with E-state index in [1.165, 1.54) is 147 Å². The van der Waals surface area contributed by atoms with Crippen molar-refractivity contribution in [2.24, 2.45) is 29.6 Å². The van der Waals surface area contributed by atoms with Crippen molar-refractivity contribution in [2.75, 3.05) is 49.2 Å². The molecule has 0 bridgehead atoms. The minimum absolute atomic E-state index is 0. The molecule has 10 nitrogen and oxygen atoms in total. The fourth-order valence-corrected chi connectivity index (χ4v) is 20.1. The number of anilines is 2. The number of rotatable bonds is 11. The molecule has 12 heteroatoms. The van der Waals surface area contributed by atoms with Crippen molar-refractivity contribution in [3.05, 3.63) is 301 Å². The number of benzene rings is 11. The fourth-order valence-electron chi connectivity index (χ4n) is 20.1. The number of nitrogens with zero attached hydrogens (tertiary/aromatic N) is 8. The molecule has 6 aromatic heterocycles. The van der Waals surface area contributed by atoms with Crippen LogP contribution in [0.4, 0.5) is 11.4 Å². The molecule has 22 rings (SSSR count). The molecule has 2 atom stereocenters. The van der Waals surface area contributed by atoms with Gasteiger partial charge in [0, 0.05) is 140 Å². The minimum atomic E-state index is 0. The zero-order valence-corrected chi connectivity index (χ0v) is 70.5. The van der Waals surface area contributed by atoms with Crippen molar-refractivity contribution in [3.63, 3.8) is 0 Å². The van der Waals surface area contributed by atoms with Crippen LogP contribution in [-0.2, 0) is 53.2 Å². The number of piperidine rings is 2. The average molecular weight is 1850 g/mol. The summed E-state index contributed by atoms with van der Waals surface area (Å²) >= 11 is 0. The molecule has 0 aliphatic carbocycles. The van der Waals surface area contributed by atoms with Crippen LogP contribution >= 0.6 is 0 Å². The molecule has 2 fully saturated rings. The van der Waals surface area contributed by atoms with E-state index in [1.54, 1.807) is 0 Å². The number of pyridine rings is 3. The normalized spacial score (nSPS) is 16.2. The Bertz CT molecular complexity index is 6450. The van der Waals surface area contributed by atoms with Crippen LogP contribution in [0.1, 0.15) is 125 Å². The summed E-state index contributed by atoms with van der Waals surface area (Å²) < 4.78 is 21.8. The maximum Gasteiger partial charge on any atom is 0.295 e. The number of hydrogen-bond donors (Lipinski definition) is 0. The van der Waals surface area contributed by atoms with Crippen molar-refractivity contribution < 1.29 is 54.3 Å². The van der Waals surface area contributed by atoms with Crippen molar-refractivity contribution >= 4 is 93.3 Å². The fraction of sp³-hybridized carbons (Fsp3) is 0.265. The first-order valence-electron chi connectivity index (χ1n) is 41.1. The van der Waals surface area contributed by atoms with E-state index in [4.69, 9.17) is 19.4 Å². The third-order valence-corrected chi connectivity index (χ3v) is 25.6. The van der Waals surface area contributed by atoms with Crippen LogP contribution in [0.15, 0.2) is 255 Å². The van der Waals surface area contributed by atoms with Crippen molar-refractivity contribution in [2.45, 2.75) is 105 Å². The van der Waals surface area contributed by atoms with E-state index >= 15 is 0 Å². The molecule has 5 aliphatic rings. The summed E-state index contributed by atoms with van der Waals surface area (Å²) in [6, 6.07) is 92.3. The van der Waals surface area contributed by atoms with Crippen LogP contribution in [0.2, 0.25) is 0 Å². The molecule has 114 heavy (non-hydrogen) atoms. The Hall–Kier alpha value is -10.5. The van der Waals surface area contributed by atoms with Gasteiger partial charge in [-0.2, -0.15) is 4.40 Å². The summed E-state index contributed by atoms with van der Waals surface area (Å²) in [6.07, 6.45) is 14.7. The first-order valence-corrected chi connectivity index (χ1v) is 41.1. The van der Waals surface area contributed by atoms with E-state index in [2.05, 4.69) is 306 Å². The SMILES string of the molecule is CC(C)C1CCN(c2cccc(N3CCC(C(C)C)CC3)c2-c2c[n+]3c4c5c(cccc5c5ccccc5n24)C3)CC1.CC(C)Cc1cccc(C2CCOc3ccccc32)c1-c1cnc2c3[c-]cccc3c3ccccc3n12.[Ir].[Ir].[c-]1cccc2c1c1ncc(-c3ccccc3C3CCOc4ccccc43)n1c1ccccc21. The van der Waals surface area contributed by atoms with Crippen molar-refractivity contribution in [3.8, 4) is 45.3 Å². The van der Waals surface area contributed by atoms with E-state index in [0.29, 0.717) is 5.92 Å². The number of aromatic nitrogens is 6. The second-order valence-electron chi connectivity index (χ2n) is 33.0.